The SMILES string of the molecule is CCCNC(=O)CN(C)S(=O)(=O)c1cc(N)c(C)c(F)c1. The molecular weight excluding hydrogens is 297 g/mol. The third-order valence-electron chi connectivity index (χ3n) is 3.00. The van der Waals surface area contributed by atoms with Crippen molar-refractivity contribution in [2.75, 3.05) is 25.9 Å². The molecule has 6 nitrogen and oxygen atoms in total. The predicted octanol–water partition coefficient (Wildman–Crippen LogP) is 0.863. The molecule has 0 heterocycles. The van der Waals surface area contributed by atoms with Gasteiger partial charge in [-0.1, -0.05) is 6.92 Å². The topological polar surface area (TPSA) is 92.5 Å². The van der Waals surface area contributed by atoms with Gasteiger partial charge in [-0.2, -0.15) is 4.31 Å². The normalized spacial score (nSPS) is 11.7. The fraction of sp³-hybridized carbons (Fsp3) is 0.462. The first-order valence-corrected chi connectivity index (χ1v) is 7.92. The summed E-state index contributed by atoms with van der Waals surface area (Å²) in [6.07, 6.45) is 0.752. The number of carbonyl (C=O) groups excluding carboxylic acids is 1. The number of likely N-dealkylation sites (N-methyl/N-ethyl adjacent to an activating group) is 1. The highest BCUT2D eigenvalue weighted by Crippen LogP contribution is 2.22. The summed E-state index contributed by atoms with van der Waals surface area (Å²) in [6, 6.07) is 2.09. The Morgan fingerprint density at radius 1 is 1.43 bits per heavy atom. The van der Waals surface area contributed by atoms with Gasteiger partial charge in [-0.3, -0.25) is 4.79 Å². The van der Waals surface area contributed by atoms with E-state index in [-0.39, 0.29) is 22.7 Å². The molecule has 0 saturated heterocycles. The monoisotopic (exact) mass is 317 g/mol. The Balaban J connectivity index is 2.97. The number of hydrogen-bond acceptors (Lipinski definition) is 4. The molecule has 0 bridgehead atoms. The Hall–Kier alpha value is -1.67. The number of carbonyl (C=O) groups is 1. The summed E-state index contributed by atoms with van der Waals surface area (Å²) >= 11 is 0. The van der Waals surface area contributed by atoms with Crippen molar-refractivity contribution in [3.63, 3.8) is 0 Å². The van der Waals surface area contributed by atoms with Crippen molar-refractivity contribution in [1.82, 2.24) is 9.62 Å². The van der Waals surface area contributed by atoms with Gasteiger partial charge in [0.25, 0.3) is 0 Å². The van der Waals surface area contributed by atoms with Crippen LogP contribution in [0, 0.1) is 12.7 Å². The van der Waals surface area contributed by atoms with Crippen LogP contribution >= 0.6 is 0 Å². The minimum Gasteiger partial charge on any atom is -0.398 e. The van der Waals surface area contributed by atoms with E-state index in [1.54, 1.807) is 0 Å². The number of hydrogen-bond donors (Lipinski definition) is 2. The van der Waals surface area contributed by atoms with E-state index in [0.29, 0.717) is 6.54 Å². The summed E-state index contributed by atoms with van der Waals surface area (Å²) in [5.41, 5.74) is 5.83. The Morgan fingerprint density at radius 3 is 2.57 bits per heavy atom. The zero-order valence-electron chi connectivity index (χ0n) is 12.3. The largest absolute Gasteiger partial charge is 0.398 e. The van der Waals surface area contributed by atoms with Crippen LogP contribution in [-0.4, -0.2) is 38.8 Å². The summed E-state index contributed by atoms with van der Waals surface area (Å²) in [7, 11) is -2.71. The molecule has 0 fully saturated rings. The number of nitrogens with two attached hydrogens (primary N) is 1. The van der Waals surface area contributed by atoms with Gasteiger partial charge in [0.05, 0.1) is 11.4 Å². The van der Waals surface area contributed by atoms with Crippen LogP contribution in [0.4, 0.5) is 10.1 Å². The van der Waals surface area contributed by atoms with Gasteiger partial charge in [-0.15, -0.1) is 0 Å². The molecule has 0 aliphatic carbocycles. The van der Waals surface area contributed by atoms with Crippen molar-refractivity contribution in [2.45, 2.75) is 25.2 Å². The van der Waals surface area contributed by atoms with E-state index in [4.69, 9.17) is 5.73 Å². The summed E-state index contributed by atoms with van der Waals surface area (Å²) in [6.45, 7) is 3.48. The lowest BCUT2D eigenvalue weighted by Crippen LogP contribution is -2.38. The molecule has 0 atom stereocenters. The molecule has 0 aliphatic heterocycles. The van der Waals surface area contributed by atoms with Crippen molar-refractivity contribution < 1.29 is 17.6 Å². The molecule has 0 spiro atoms. The first-order valence-electron chi connectivity index (χ1n) is 6.48. The molecule has 1 rings (SSSR count). The molecule has 21 heavy (non-hydrogen) atoms. The van der Waals surface area contributed by atoms with Gasteiger partial charge in [0, 0.05) is 24.8 Å². The van der Waals surface area contributed by atoms with E-state index in [0.717, 1.165) is 16.8 Å². The van der Waals surface area contributed by atoms with Crippen molar-refractivity contribution in [1.29, 1.82) is 0 Å². The van der Waals surface area contributed by atoms with Gasteiger partial charge in [-0.05, 0) is 25.5 Å². The van der Waals surface area contributed by atoms with Crippen molar-refractivity contribution in [2.24, 2.45) is 0 Å². The molecule has 0 unspecified atom stereocenters. The summed E-state index contributed by atoms with van der Waals surface area (Å²) < 4.78 is 39.0. The molecule has 0 radical (unpaired) electrons. The van der Waals surface area contributed by atoms with Crippen LogP contribution in [0.1, 0.15) is 18.9 Å². The van der Waals surface area contributed by atoms with Crippen LogP contribution in [-0.2, 0) is 14.8 Å². The number of rotatable bonds is 6. The molecule has 118 valence electrons. The predicted molar refractivity (Wildman–Crippen MR) is 78.7 cm³/mol. The van der Waals surface area contributed by atoms with Crippen LogP contribution in [0.2, 0.25) is 0 Å². The highest BCUT2D eigenvalue weighted by molar-refractivity contribution is 7.89. The summed E-state index contributed by atoms with van der Waals surface area (Å²) in [5.74, 6) is -1.11. The van der Waals surface area contributed by atoms with Gasteiger partial charge in [0.2, 0.25) is 15.9 Å². The highest BCUT2D eigenvalue weighted by Gasteiger charge is 2.24. The lowest BCUT2D eigenvalue weighted by Gasteiger charge is -2.17. The van der Waals surface area contributed by atoms with E-state index < -0.39 is 21.7 Å². The number of amides is 1. The Morgan fingerprint density at radius 2 is 2.05 bits per heavy atom. The van der Waals surface area contributed by atoms with E-state index in [1.807, 2.05) is 6.92 Å². The second-order valence-corrected chi connectivity index (χ2v) is 6.78. The van der Waals surface area contributed by atoms with Crippen molar-refractivity contribution in [3.8, 4) is 0 Å². The van der Waals surface area contributed by atoms with Gasteiger partial charge < -0.3 is 11.1 Å². The van der Waals surface area contributed by atoms with Crippen LogP contribution < -0.4 is 11.1 Å². The molecule has 1 amide bonds. The first-order chi connectivity index (χ1) is 9.70. The Labute approximate surface area is 124 Å². The Kier molecular flexibility index (Phi) is 5.68. The Bertz CT molecular complexity index is 609. The van der Waals surface area contributed by atoms with Gasteiger partial charge in [-0.25, -0.2) is 12.8 Å². The fourth-order valence-corrected chi connectivity index (χ4v) is 2.79. The molecule has 1 aromatic rings. The third kappa shape index (κ3) is 4.15. The third-order valence-corrected chi connectivity index (χ3v) is 4.79. The standard InChI is InChI=1S/C13H20FN3O3S/c1-4-5-16-13(18)8-17(3)21(19,20)10-6-11(14)9(2)12(15)7-10/h6-7H,4-5,8,15H2,1-3H3,(H,16,18). The first kappa shape index (κ1) is 17.4. The number of anilines is 1. The molecule has 0 saturated carbocycles. The molecule has 3 N–H and O–H groups in total. The molecule has 0 aliphatic rings. The quantitative estimate of drug-likeness (QED) is 0.761. The second kappa shape index (κ2) is 6.86. The van der Waals surface area contributed by atoms with E-state index in [9.17, 15) is 17.6 Å². The number of sulfonamides is 1. The number of nitrogens with one attached hydrogen (secondary N) is 1. The zero-order chi connectivity index (χ0) is 16.2. The summed E-state index contributed by atoms with van der Waals surface area (Å²) in [5, 5.41) is 2.57. The lowest BCUT2D eigenvalue weighted by atomic mass is 10.2. The van der Waals surface area contributed by atoms with E-state index in [2.05, 4.69) is 5.32 Å². The molecule has 1 aromatic carbocycles. The van der Waals surface area contributed by atoms with Crippen LogP contribution in [0.3, 0.4) is 0 Å². The van der Waals surface area contributed by atoms with Crippen molar-refractivity contribution in [3.05, 3.63) is 23.5 Å². The fourth-order valence-electron chi connectivity index (χ4n) is 1.61. The number of halogens is 1. The minimum atomic E-state index is -3.97. The maximum atomic E-state index is 13.6. The molecule has 8 heteroatoms. The number of benzene rings is 1. The average molecular weight is 317 g/mol. The van der Waals surface area contributed by atoms with E-state index >= 15 is 0 Å². The zero-order valence-corrected chi connectivity index (χ0v) is 13.1. The number of nitrogen functional groups attached to an aromatic ring is 1. The smallest absolute Gasteiger partial charge is 0.243 e. The van der Waals surface area contributed by atoms with Gasteiger partial charge >= 0.3 is 0 Å². The molecule has 0 aromatic heterocycles. The van der Waals surface area contributed by atoms with Crippen LogP contribution in [0.5, 0.6) is 0 Å². The maximum absolute atomic E-state index is 13.6. The lowest BCUT2D eigenvalue weighted by molar-refractivity contribution is -0.121. The van der Waals surface area contributed by atoms with Gasteiger partial charge in [0.1, 0.15) is 5.82 Å². The number of nitrogens with zero attached hydrogens (tertiary/aromatic N) is 1. The van der Waals surface area contributed by atoms with Crippen LogP contribution in [0.25, 0.3) is 0 Å². The molecular formula is C13H20FN3O3S. The van der Waals surface area contributed by atoms with Crippen molar-refractivity contribution >= 4 is 21.6 Å². The summed E-state index contributed by atoms with van der Waals surface area (Å²) in [4.78, 5) is 11.3. The highest BCUT2D eigenvalue weighted by atomic mass is 32.2. The van der Waals surface area contributed by atoms with E-state index in [1.165, 1.54) is 20.0 Å². The van der Waals surface area contributed by atoms with Gasteiger partial charge in [0.15, 0.2) is 0 Å². The maximum Gasteiger partial charge on any atom is 0.243 e. The second-order valence-electron chi connectivity index (χ2n) is 4.73. The van der Waals surface area contributed by atoms with Crippen LogP contribution in [0.15, 0.2) is 17.0 Å². The average Bonchev–Trinajstić information content (AvgIpc) is 2.41. The minimum absolute atomic E-state index is 0.0532.